The van der Waals surface area contributed by atoms with Gasteiger partial charge in [-0.05, 0) is 36.0 Å². The second kappa shape index (κ2) is 9.91. The monoisotopic (exact) mass is 442 g/mol. The molecule has 0 aliphatic carbocycles. The first-order valence-electron chi connectivity index (χ1n) is 14.8. The third kappa shape index (κ3) is 6.51. The minimum atomic E-state index is -4.35. The number of rotatable bonds is 10. The number of aromatic nitrogens is 2. The SMILES string of the molecule is [2H]c1c(Cl)c([2H])c(C([2H])([2H])n2cncc2C[C@H](N[C@]([2H])(C(=O)O)C([2H])([2H])C([2H])(C([2H])([2H])[2H])C([2H])([2H])[2H])C(=O)O)c([2H])c1Cl. The van der Waals surface area contributed by atoms with E-state index in [1.165, 1.54) is 0 Å². The fourth-order valence-corrected chi connectivity index (χ4v) is 2.45. The molecule has 0 radical (unpaired) electrons. The molecule has 0 spiro atoms. The Morgan fingerprint density at radius 3 is 2.57 bits per heavy atom. The minimum Gasteiger partial charge on any atom is -0.480 e. The van der Waals surface area contributed by atoms with Crippen LogP contribution in [0.1, 0.15) is 51.9 Å². The molecule has 0 fully saturated rings. The number of hydrogen-bond donors (Lipinski definition) is 3. The number of hydrogen-bond acceptors (Lipinski definition) is 4. The molecular weight excluding hydrogens is 405 g/mol. The van der Waals surface area contributed by atoms with Crippen molar-refractivity contribution in [2.45, 2.75) is 45.1 Å². The van der Waals surface area contributed by atoms with Crippen LogP contribution in [-0.4, -0.2) is 43.8 Å². The fraction of sp³-hybridized carbons (Fsp3) is 0.421. The Morgan fingerprint density at radius 2 is 2.00 bits per heavy atom. The second-order valence-electron chi connectivity index (χ2n) is 5.16. The molecule has 2 rings (SSSR count). The highest BCUT2D eigenvalue weighted by atomic mass is 35.5. The van der Waals surface area contributed by atoms with Crippen LogP contribution in [0.2, 0.25) is 10.0 Å². The van der Waals surface area contributed by atoms with Crippen LogP contribution in [0.3, 0.4) is 0 Å². The lowest BCUT2D eigenvalue weighted by molar-refractivity contribution is -0.142. The summed E-state index contributed by atoms with van der Waals surface area (Å²) in [5, 5.41) is 20.0. The van der Waals surface area contributed by atoms with E-state index in [1.54, 1.807) is 5.32 Å². The van der Waals surface area contributed by atoms with Crippen LogP contribution in [0.15, 0.2) is 30.7 Å². The Labute approximate surface area is 194 Å². The van der Waals surface area contributed by atoms with Gasteiger partial charge in [0.05, 0.1) is 14.6 Å². The maximum Gasteiger partial charge on any atom is 0.321 e. The van der Waals surface area contributed by atoms with Gasteiger partial charge >= 0.3 is 11.9 Å². The van der Waals surface area contributed by atoms with E-state index in [-0.39, 0.29) is 0 Å². The van der Waals surface area contributed by atoms with Gasteiger partial charge < -0.3 is 14.8 Å². The summed E-state index contributed by atoms with van der Waals surface area (Å²) in [6.45, 7) is -11.1. The highest BCUT2D eigenvalue weighted by Gasteiger charge is 2.27. The van der Waals surface area contributed by atoms with Crippen molar-refractivity contribution < 1.29 is 40.4 Å². The van der Waals surface area contributed by atoms with Gasteiger partial charge in [0.1, 0.15) is 12.1 Å². The molecule has 9 heteroatoms. The Kier molecular flexibility index (Phi) is 3.24. The lowest BCUT2D eigenvalue weighted by atomic mass is 10.0. The van der Waals surface area contributed by atoms with Crippen molar-refractivity contribution in [3.05, 3.63) is 52.0 Å². The molecule has 0 aliphatic heterocycles. The predicted octanol–water partition coefficient (Wildman–Crippen LogP) is 3.32. The number of carboxylic acids is 2. The van der Waals surface area contributed by atoms with Crippen LogP contribution in [0.5, 0.6) is 0 Å². The average Bonchev–Trinajstić information content (AvgIpc) is 3.32. The highest BCUT2D eigenvalue weighted by Crippen LogP contribution is 2.20. The van der Waals surface area contributed by atoms with Crippen LogP contribution < -0.4 is 5.32 Å². The lowest BCUT2D eigenvalue weighted by Crippen LogP contribution is -2.49. The Morgan fingerprint density at radius 1 is 1.32 bits per heavy atom. The quantitative estimate of drug-likeness (QED) is 0.521. The summed E-state index contributed by atoms with van der Waals surface area (Å²) >= 11 is 11.8. The molecule has 152 valence electrons. The van der Waals surface area contributed by atoms with Crippen LogP contribution in [0.4, 0.5) is 0 Å². The van der Waals surface area contributed by atoms with E-state index < -0.39 is 102 Å². The van der Waals surface area contributed by atoms with Crippen molar-refractivity contribution in [3.8, 4) is 0 Å². The molecule has 0 amide bonds. The van der Waals surface area contributed by atoms with Crippen LogP contribution in [0, 0.1) is 5.89 Å². The van der Waals surface area contributed by atoms with Gasteiger partial charge in [0.25, 0.3) is 0 Å². The van der Waals surface area contributed by atoms with Gasteiger partial charge in [-0.25, -0.2) is 4.98 Å². The van der Waals surface area contributed by atoms with Gasteiger partial charge in [-0.1, -0.05) is 36.9 Å². The molecule has 1 aromatic carbocycles. The summed E-state index contributed by atoms with van der Waals surface area (Å²) in [5.41, 5.74) is -1.20. The number of imidazole rings is 1. The molecule has 0 unspecified atom stereocenters. The average molecular weight is 443 g/mol. The van der Waals surface area contributed by atoms with Gasteiger partial charge in [-0.15, -0.1) is 0 Å². The van der Waals surface area contributed by atoms with Gasteiger partial charge in [0.2, 0.25) is 0 Å². The zero-order chi connectivity index (χ0) is 33.9. The molecule has 2 aromatic rings. The molecule has 3 N–H and O–H groups in total. The van der Waals surface area contributed by atoms with E-state index in [4.69, 9.17) is 43.8 Å². The zero-order valence-electron chi connectivity index (χ0n) is 28.8. The summed E-state index contributed by atoms with van der Waals surface area (Å²) < 4.78 is 120. The molecule has 7 nitrogen and oxygen atoms in total. The molecule has 28 heavy (non-hydrogen) atoms. The first kappa shape index (κ1) is 9.15. The molecule has 0 saturated carbocycles. The number of carboxylic acid groups (broad SMARTS) is 2. The second-order valence-corrected chi connectivity index (χ2v) is 5.92. The molecule has 0 aliphatic rings. The summed E-state index contributed by atoms with van der Waals surface area (Å²) in [5.74, 6) is -8.84. The molecule has 2 atom stereocenters. The van der Waals surface area contributed by atoms with Crippen molar-refractivity contribution in [1.29, 1.82) is 0 Å². The number of carbonyl (C=O) groups is 2. The van der Waals surface area contributed by atoms with E-state index in [2.05, 4.69) is 4.98 Å². The van der Waals surface area contributed by atoms with Crippen LogP contribution in [0.25, 0.3) is 0 Å². The largest absolute Gasteiger partial charge is 0.480 e. The number of aliphatic carboxylic acids is 2. The summed E-state index contributed by atoms with van der Waals surface area (Å²) in [4.78, 5) is 28.1. The minimum absolute atomic E-state index is 0.428. The normalized spacial score (nSPS) is 24.7. The Balaban J connectivity index is 2.70. The maximum absolute atomic E-state index is 12.2. The van der Waals surface area contributed by atoms with E-state index >= 15 is 0 Å². The summed E-state index contributed by atoms with van der Waals surface area (Å²) in [7, 11) is 0. The predicted molar refractivity (Wildman–Crippen MR) is 107 cm³/mol. The van der Waals surface area contributed by atoms with Crippen LogP contribution in [-0.2, 0) is 22.5 Å². The summed E-state index contributed by atoms with van der Waals surface area (Å²) in [6, 6.07) is -8.76. The third-order valence-electron chi connectivity index (χ3n) is 3.13. The highest BCUT2D eigenvalue weighted by molar-refractivity contribution is 6.34. The topological polar surface area (TPSA) is 104 Å². The van der Waals surface area contributed by atoms with E-state index in [9.17, 15) is 19.8 Å². The van der Waals surface area contributed by atoms with E-state index in [1.807, 2.05) is 0 Å². The summed E-state index contributed by atoms with van der Waals surface area (Å²) in [6.07, 6.45) is -3.72. The fourth-order valence-electron chi connectivity index (χ4n) is 2.02. The molecular formula is C19H23Cl2N3O4. The molecule has 1 aromatic heterocycles. The number of nitrogens with zero attached hydrogens (tertiary/aromatic N) is 2. The number of benzene rings is 1. The first-order chi connectivity index (χ1) is 19.1. The smallest absolute Gasteiger partial charge is 0.321 e. The third-order valence-corrected chi connectivity index (χ3v) is 3.51. The number of nitrogens with one attached hydrogen (secondary N) is 1. The standard InChI is InChI=1S/C19H23Cl2N3O4/c1-11(2)3-16(18(25)26)23-17(19(27)28)7-15-8-22-10-24(15)9-12-4-13(20)6-14(21)5-12/h4-6,8,10-11,16-17,23H,3,7,9H2,1-2H3,(H,25,26)(H,27,28)/t16-,17-/m0/s1/i1D3,2D3,3D2,4D,5D,6D,9D2,11D,16D. The Hall–Kier alpha value is -2.09. The Bertz CT molecular complexity index is 1390. The van der Waals surface area contributed by atoms with Crippen molar-refractivity contribution >= 4 is 35.1 Å². The van der Waals surface area contributed by atoms with Crippen molar-refractivity contribution in [3.63, 3.8) is 0 Å². The van der Waals surface area contributed by atoms with Gasteiger partial charge in [0, 0.05) is 47.2 Å². The van der Waals surface area contributed by atoms with Crippen molar-refractivity contribution in [2.24, 2.45) is 5.89 Å². The number of halogens is 2. The molecule has 0 bridgehead atoms. The van der Waals surface area contributed by atoms with Gasteiger partial charge in [-0.3, -0.25) is 14.9 Å². The van der Waals surface area contributed by atoms with Crippen molar-refractivity contribution in [2.75, 3.05) is 0 Å². The maximum atomic E-state index is 12.2. The van der Waals surface area contributed by atoms with Crippen molar-refractivity contribution in [1.82, 2.24) is 14.9 Å². The molecule has 1 heterocycles. The van der Waals surface area contributed by atoms with Crippen LogP contribution >= 0.6 is 23.2 Å². The van der Waals surface area contributed by atoms with E-state index in [0.29, 0.717) is 4.57 Å². The van der Waals surface area contributed by atoms with Gasteiger partial charge in [0.15, 0.2) is 0 Å². The lowest BCUT2D eigenvalue weighted by Gasteiger charge is -2.22. The first-order valence-corrected chi connectivity index (χ1v) is 8.09. The van der Waals surface area contributed by atoms with Gasteiger partial charge in [-0.2, -0.15) is 0 Å². The molecule has 0 saturated heterocycles. The zero-order valence-corrected chi connectivity index (χ0v) is 15.3. The van der Waals surface area contributed by atoms with E-state index in [0.717, 1.165) is 12.5 Å².